The van der Waals surface area contributed by atoms with Crippen LogP contribution in [0.5, 0.6) is 0 Å². The van der Waals surface area contributed by atoms with Crippen LogP contribution in [-0.4, -0.2) is 103 Å². The molecule has 2 heterocycles. The van der Waals surface area contributed by atoms with Crippen LogP contribution in [0.4, 0.5) is 14.4 Å². The molecule has 2 rings (SSSR count). The Hall–Kier alpha value is -2.76. The van der Waals surface area contributed by atoms with E-state index >= 15 is 0 Å². The molecule has 188 valence electrons. The number of carbonyl (C=O) groups is 4. The molecule has 2 aliphatic rings. The van der Waals surface area contributed by atoms with Gasteiger partial charge >= 0.3 is 18.2 Å². The van der Waals surface area contributed by atoms with Crippen molar-refractivity contribution in [3.8, 4) is 0 Å². The maximum Gasteiger partial charge on any atom is 0.408 e. The van der Waals surface area contributed by atoms with Crippen molar-refractivity contribution >= 4 is 24.1 Å². The van der Waals surface area contributed by atoms with Crippen molar-refractivity contribution in [2.45, 2.75) is 70.2 Å². The van der Waals surface area contributed by atoms with E-state index in [0.29, 0.717) is 38.9 Å². The molecule has 2 fully saturated rings. The third kappa shape index (κ3) is 8.60. The SMILES string of the molecule is CNC(=O)NC1CCN(C(=O)[C@@H](COCC2CCCN2C(=O)O)NC(=O)OC(C)(C)C)CC1. The number of carboxylic acid groups (broad SMARTS) is 1. The molecule has 5 amide bonds. The minimum absolute atomic E-state index is 0.0353. The molecular formula is C21H37N5O7. The Morgan fingerprint density at radius 1 is 1.09 bits per heavy atom. The van der Waals surface area contributed by atoms with Crippen LogP contribution in [0, 0.1) is 0 Å². The molecule has 0 radical (unpaired) electrons. The molecule has 0 aromatic heterocycles. The summed E-state index contributed by atoms with van der Waals surface area (Å²) in [7, 11) is 1.54. The minimum Gasteiger partial charge on any atom is -0.465 e. The summed E-state index contributed by atoms with van der Waals surface area (Å²) in [4.78, 5) is 51.3. The molecule has 2 saturated heterocycles. The quantitative estimate of drug-likeness (QED) is 0.432. The van der Waals surface area contributed by atoms with Crippen molar-refractivity contribution in [1.82, 2.24) is 25.8 Å². The maximum absolute atomic E-state index is 13.2. The van der Waals surface area contributed by atoms with Crippen LogP contribution in [0.25, 0.3) is 0 Å². The first-order chi connectivity index (χ1) is 15.5. The van der Waals surface area contributed by atoms with Gasteiger partial charge in [-0.2, -0.15) is 0 Å². The third-order valence-corrected chi connectivity index (χ3v) is 5.58. The zero-order chi connectivity index (χ0) is 24.6. The monoisotopic (exact) mass is 471 g/mol. The van der Waals surface area contributed by atoms with Crippen LogP contribution in [0.2, 0.25) is 0 Å². The number of amides is 5. The average molecular weight is 472 g/mol. The normalized spacial score (nSPS) is 20.2. The van der Waals surface area contributed by atoms with E-state index in [1.165, 1.54) is 4.90 Å². The fraction of sp³-hybridized carbons (Fsp3) is 0.810. The predicted molar refractivity (Wildman–Crippen MR) is 119 cm³/mol. The number of piperidine rings is 1. The van der Waals surface area contributed by atoms with E-state index in [0.717, 1.165) is 6.42 Å². The lowest BCUT2D eigenvalue weighted by atomic mass is 10.0. The van der Waals surface area contributed by atoms with Crippen LogP contribution in [0.3, 0.4) is 0 Å². The molecule has 1 unspecified atom stereocenters. The molecule has 0 spiro atoms. The van der Waals surface area contributed by atoms with E-state index in [2.05, 4.69) is 16.0 Å². The first-order valence-electron chi connectivity index (χ1n) is 11.3. The highest BCUT2D eigenvalue weighted by Gasteiger charge is 2.33. The first-order valence-corrected chi connectivity index (χ1v) is 11.3. The summed E-state index contributed by atoms with van der Waals surface area (Å²) in [5.41, 5.74) is -0.728. The molecule has 0 bridgehead atoms. The van der Waals surface area contributed by atoms with Crippen molar-refractivity contribution in [3.63, 3.8) is 0 Å². The van der Waals surface area contributed by atoms with Gasteiger partial charge in [0.25, 0.3) is 0 Å². The third-order valence-electron chi connectivity index (χ3n) is 5.58. The summed E-state index contributed by atoms with van der Waals surface area (Å²) in [6.45, 7) is 6.54. The van der Waals surface area contributed by atoms with E-state index in [1.54, 1.807) is 32.7 Å². The average Bonchev–Trinajstić information content (AvgIpc) is 3.20. The Morgan fingerprint density at radius 3 is 2.33 bits per heavy atom. The second-order valence-corrected chi connectivity index (χ2v) is 9.33. The van der Waals surface area contributed by atoms with Crippen LogP contribution < -0.4 is 16.0 Å². The van der Waals surface area contributed by atoms with Gasteiger partial charge in [-0.15, -0.1) is 0 Å². The fourth-order valence-corrected chi connectivity index (χ4v) is 3.93. The first kappa shape index (κ1) is 26.5. The fourth-order valence-electron chi connectivity index (χ4n) is 3.93. The molecule has 12 heteroatoms. The van der Waals surface area contributed by atoms with Crippen LogP contribution >= 0.6 is 0 Å². The zero-order valence-electron chi connectivity index (χ0n) is 19.9. The van der Waals surface area contributed by atoms with Crippen molar-refractivity contribution in [3.05, 3.63) is 0 Å². The molecule has 0 aromatic rings. The largest absolute Gasteiger partial charge is 0.465 e. The van der Waals surface area contributed by atoms with Gasteiger partial charge in [-0.25, -0.2) is 14.4 Å². The van der Waals surface area contributed by atoms with Gasteiger partial charge in [0.1, 0.15) is 11.6 Å². The molecule has 4 N–H and O–H groups in total. The van der Waals surface area contributed by atoms with Crippen LogP contribution in [0.1, 0.15) is 46.5 Å². The number of likely N-dealkylation sites (tertiary alicyclic amines) is 2. The molecule has 2 aliphatic heterocycles. The summed E-state index contributed by atoms with van der Waals surface area (Å²) in [6, 6.07) is -1.54. The number of hydrogen-bond donors (Lipinski definition) is 4. The number of carbonyl (C=O) groups excluding carboxylic acids is 3. The minimum atomic E-state index is -0.992. The molecule has 33 heavy (non-hydrogen) atoms. The van der Waals surface area contributed by atoms with Crippen LogP contribution in [0.15, 0.2) is 0 Å². The van der Waals surface area contributed by atoms with Gasteiger partial charge in [-0.1, -0.05) is 0 Å². The summed E-state index contributed by atoms with van der Waals surface area (Å²) >= 11 is 0. The van der Waals surface area contributed by atoms with Gasteiger partial charge < -0.3 is 40.3 Å². The number of urea groups is 1. The molecule has 0 aliphatic carbocycles. The van der Waals surface area contributed by atoms with E-state index in [9.17, 15) is 24.3 Å². The standard InChI is InChI=1S/C21H37N5O7/c1-21(2,3)33-19(29)24-16(13-32-12-15-6-5-9-26(15)20(30)31)17(27)25-10-7-14(8-11-25)23-18(28)22-4/h14-16H,5-13H2,1-4H3,(H,24,29)(H,30,31)(H2,22,23,28)/t15?,16-/m1/s1. The summed E-state index contributed by atoms with van der Waals surface area (Å²) in [5, 5.41) is 17.2. The Kier molecular flexibility index (Phi) is 9.56. The van der Waals surface area contributed by atoms with Gasteiger partial charge in [-0.05, 0) is 46.5 Å². The summed E-state index contributed by atoms with van der Waals surface area (Å²) < 4.78 is 11.0. The number of alkyl carbamates (subject to hydrolysis) is 1. The zero-order valence-corrected chi connectivity index (χ0v) is 19.9. The van der Waals surface area contributed by atoms with Crippen molar-refractivity contribution in [2.75, 3.05) is 39.9 Å². The van der Waals surface area contributed by atoms with E-state index in [-0.39, 0.29) is 37.2 Å². The molecule has 0 aromatic carbocycles. The van der Waals surface area contributed by atoms with Crippen LogP contribution in [-0.2, 0) is 14.3 Å². The van der Waals surface area contributed by atoms with Gasteiger partial charge in [0.2, 0.25) is 5.91 Å². The Labute approximate surface area is 194 Å². The summed E-state index contributed by atoms with van der Waals surface area (Å²) in [5.74, 6) is -0.305. The lowest BCUT2D eigenvalue weighted by Crippen LogP contribution is -2.55. The maximum atomic E-state index is 13.2. The Bertz CT molecular complexity index is 704. The Morgan fingerprint density at radius 2 is 1.76 bits per heavy atom. The molecular weight excluding hydrogens is 434 g/mol. The van der Waals surface area contributed by atoms with Crippen molar-refractivity contribution in [1.29, 1.82) is 0 Å². The van der Waals surface area contributed by atoms with Gasteiger partial charge in [-0.3, -0.25) is 4.79 Å². The summed E-state index contributed by atoms with van der Waals surface area (Å²) in [6.07, 6.45) is 0.917. The second kappa shape index (κ2) is 11.9. The lowest BCUT2D eigenvalue weighted by Gasteiger charge is -2.35. The van der Waals surface area contributed by atoms with E-state index < -0.39 is 23.8 Å². The predicted octanol–water partition coefficient (Wildman–Crippen LogP) is 0.959. The Balaban J connectivity index is 1.95. The number of ether oxygens (including phenoxy) is 2. The van der Waals surface area contributed by atoms with Gasteiger partial charge in [0.05, 0.1) is 19.3 Å². The molecule has 2 atom stereocenters. The number of rotatable bonds is 7. The van der Waals surface area contributed by atoms with Gasteiger partial charge in [0.15, 0.2) is 0 Å². The highest BCUT2D eigenvalue weighted by Crippen LogP contribution is 2.18. The smallest absolute Gasteiger partial charge is 0.408 e. The molecule has 12 nitrogen and oxygen atoms in total. The van der Waals surface area contributed by atoms with Crippen molar-refractivity contribution < 1.29 is 33.8 Å². The van der Waals surface area contributed by atoms with E-state index in [4.69, 9.17) is 9.47 Å². The number of nitrogens with zero attached hydrogens (tertiary/aromatic N) is 2. The number of nitrogens with one attached hydrogen (secondary N) is 3. The topological polar surface area (TPSA) is 150 Å². The van der Waals surface area contributed by atoms with E-state index in [1.807, 2.05) is 0 Å². The highest BCUT2D eigenvalue weighted by molar-refractivity contribution is 5.86. The second-order valence-electron chi connectivity index (χ2n) is 9.33. The number of hydrogen-bond acceptors (Lipinski definition) is 6. The highest BCUT2D eigenvalue weighted by atomic mass is 16.6. The molecule has 0 saturated carbocycles. The van der Waals surface area contributed by atoms with Gasteiger partial charge in [0, 0.05) is 32.7 Å². The van der Waals surface area contributed by atoms with Crippen molar-refractivity contribution in [2.24, 2.45) is 0 Å². The lowest BCUT2D eigenvalue weighted by molar-refractivity contribution is -0.136.